The van der Waals surface area contributed by atoms with Crippen molar-refractivity contribution in [2.24, 2.45) is 0 Å². The maximum atomic E-state index is 9.86. The molecule has 0 atom stereocenters. The van der Waals surface area contributed by atoms with Crippen molar-refractivity contribution in [2.75, 3.05) is 12.8 Å². The van der Waals surface area contributed by atoms with Crippen LogP contribution in [0.5, 0.6) is 11.5 Å². The van der Waals surface area contributed by atoms with E-state index in [-0.39, 0.29) is 17.3 Å². The molecule has 0 saturated heterocycles. The van der Waals surface area contributed by atoms with Crippen molar-refractivity contribution in [3.8, 4) is 22.8 Å². The average Bonchev–Trinajstić information content (AvgIpc) is 2.67. The molecule has 2 rings (SSSR count). The van der Waals surface area contributed by atoms with Crippen molar-refractivity contribution in [3.63, 3.8) is 0 Å². The van der Waals surface area contributed by atoms with E-state index in [9.17, 15) is 5.11 Å². The van der Waals surface area contributed by atoms with Crippen LogP contribution in [0.15, 0.2) is 22.7 Å². The molecule has 1 aromatic heterocycles. The van der Waals surface area contributed by atoms with Crippen LogP contribution in [-0.4, -0.2) is 17.4 Å². The van der Waals surface area contributed by atoms with Gasteiger partial charge in [-0.1, -0.05) is 16.8 Å². The third kappa shape index (κ3) is 1.77. The van der Waals surface area contributed by atoms with Crippen LogP contribution in [0.1, 0.15) is 0 Å². The Labute approximate surface area is 96.4 Å². The van der Waals surface area contributed by atoms with Gasteiger partial charge in [0.15, 0.2) is 23.1 Å². The van der Waals surface area contributed by atoms with Crippen LogP contribution >= 0.6 is 11.6 Å². The molecule has 6 heteroatoms. The van der Waals surface area contributed by atoms with Crippen LogP contribution in [0.25, 0.3) is 11.3 Å². The second kappa shape index (κ2) is 3.94. The fraction of sp³-hybridized carbons (Fsp3) is 0.100. The lowest BCUT2D eigenvalue weighted by Crippen LogP contribution is -1.86. The van der Waals surface area contributed by atoms with E-state index in [1.807, 2.05) is 0 Å². The van der Waals surface area contributed by atoms with E-state index >= 15 is 0 Å². The number of hydrogen-bond donors (Lipinski definition) is 2. The Morgan fingerprint density at radius 2 is 2.19 bits per heavy atom. The Morgan fingerprint density at radius 1 is 1.44 bits per heavy atom. The van der Waals surface area contributed by atoms with Crippen LogP contribution in [0.3, 0.4) is 0 Å². The van der Waals surface area contributed by atoms with Gasteiger partial charge in [-0.15, -0.1) is 0 Å². The Hall–Kier alpha value is -1.88. The fourth-order valence-electron chi connectivity index (χ4n) is 1.33. The number of halogens is 1. The minimum absolute atomic E-state index is 0.0666. The van der Waals surface area contributed by atoms with Crippen LogP contribution in [0.2, 0.25) is 5.02 Å². The third-order valence-corrected chi connectivity index (χ3v) is 2.27. The highest BCUT2D eigenvalue weighted by atomic mass is 35.5. The Bertz CT molecular complexity index is 525. The van der Waals surface area contributed by atoms with E-state index in [2.05, 4.69) is 5.16 Å². The molecule has 0 spiro atoms. The summed E-state index contributed by atoms with van der Waals surface area (Å²) in [5.41, 5.74) is 5.81. The SMILES string of the molecule is COc1cc(Cl)cc(-c2cc(N)no2)c1O. The van der Waals surface area contributed by atoms with Gasteiger partial charge < -0.3 is 20.1 Å². The van der Waals surface area contributed by atoms with Crippen molar-refractivity contribution in [2.45, 2.75) is 0 Å². The number of ether oxygens (including phenoxy) is 1. The van der Waals surface area contributed by atoms with Gasteiger partial charge in [0.2, 0.25) is 0 Å². The number of benzene rings is 1. The Kier molecular flexibility index (Phi) is 2.62. The van der Waals surface area contributed by atoms with Crippen LogP contribution in [-0.2, 0) is 0 Å². The first kappa shape index (κ1) is 10.6. The summed E-state index contributed by atoms with van der Waals surface area (Å²) in [4.78, 5) is 0. The first-order valence-electron chi connectivity index (χ1n) is 4.41. The zero-order valence-electron chi connectivity index (χ0n) is 8.40. The highest BCUT2D eigenvalue weighted by Gasteiger charge is 2.15. The average molecular weight is 241 g/mol. The number of nitrogens with two attached hydrogens (primary N) is 1. The second-order valence-corrected chi connectivity index (χ2v) is 3.56. The van der Waals surface area contributed by atoms with Crippen molar-refractivity contribution >= 4 is 17.4 Å². The van der Waals surface area contributed by atoms with Gasteiger partial charge in [0.1, 0.15) is 0 Å². The summed E-state index contributed by atoms with van der Waals surface area (Å²) in [5, 5.41) is 13.8. The molecule has 1 heterocycles. The van der Waals surface area contributed by atoms with Gasteiger partial charge in [-0.25, -0.2) is 0 Å². The lowest BCUT2D eigenvalue weighted by atomic mass is 10.1. The van der Waals surface area contributed by atoms with E-state index in [4.69, 9.17) is 26.6 Å². The predicted octanol–water partition coefficient (Wildman–Crippen LogP) is 2.29. The molecule has 0 bridgehead atoms. The molecule has 0 amide bonds. The molecule has 3 N–H and O–H groups in total. The fourth-order valence-corrected chi connectivity index (χ4v) is 1.54. The summed E-state index contributed by atoms with van der Waals surface area (Å²) in [6.45, 7) is 0. The first-order chi connectivity index (χ1) is 7.61. The quantitative estimate of drug-likeness (QED) is 0.842. The minimum Gasteiger partial charge on any atom is -0.504 e. The number of nitrogen functional groups attached to an aromatic ring is 1. The summed E-state index contributed by atoms with van der Waals surface area (Å²) in [6, 6.07) is 4.53. The largest absolute Gasteiger partial charge is 0.504 e. The van der Waals surface area contributed by atoms with Crippen LogP contribution in [0, 0.1) is 0 Å². The van der Waals surface area contributed by atoms with Gasteiger partial charge in [-0.3, -0.25) is 0 Å². The summed E-state index contributed by atoms with van der Waals surface area (Å²) in [5.74, 6) is 0.754. The molecule has 0 aliphatic carbocycles. The molecule has 5 nitrogen and oxygen atoms in total. The van der Waals surface area contributed by atoms with E-state index < -0.39 is 0 Å². The standard InChI is InChI=1S/C10H9ClN2O3/c1-15-8-3-5(11)2-6(10(8)14)7-4-9(12)13-16-7/h2-4,14H,1H3,(H2,12,13). The monoisotopic (exact) mass is 240 g/mol. The van der Waals surface area contributed by atoms with Crippen molar-refractivity contribution in [1.82, 2.24) is 5.16 Å². The zero-order valence-corrected chi connectivity index (χ0v) is 9.15. The zero-order chi connectivity index (χ0) is 11.7. The van der Waals surface area contributed by atoms with Gasteiger partial charge in [0.05, 0.1) is 12.7 Å². The molecule has 16 heavy (non-hydrogen) atoms. The van der Waals surface area contributed by atoms with Gasteiger partial charge in [0, 0.05) is 17.2 Å². The Morgan fingerprint density at radius 3 is 2.75 bits per heavy atom. The number of hydrogen-bond acceptors (Lipinski definition) is 5. The van der Waals surface area contributed by atoms with Crippen LogP contribution < -0.4 is 10.5 Å². The minimum atomic E-state index is -0.0666. The summed E-state index contributed by atoms with van der Waals surface area (Å²) < 4.78 is 9.90. The lowest BCUT2D eigenvalue weighted by Gasteiger charge is -2.07. The van der Waals surface area contributed by atoms with Gasteiger partial charge >= 0.3 is 0 Å². The molecule has 1 aromatic carbocycles. The normalized spacial score (nSPS) is 10.4. The molecule has 0 fully saturated rings. The molecular formula is C10H9ClN2O3. The first-order valence-corrected chi connectivity index (χ1v) is 4.78. The smallest absolute Gasteiger partial charge is 0.172 e. The van der Waals surface area contributed by atoms with Crippen molar-refractivity contribution in [1.29, 1.82) is 0 Å². The summed E-state index contributed by atoms with van der Waals surface area (Å²) >= 11 is 5.87. The summed E-state index contributed by atoms with van der Waals surface area (Å²) in [7, 11) is 1.43. The number of phenols is 1. The molecule has 2 aromatic rings. The Balaban J connectivity index is 2.60. The number of nitrogens with zero attached hydrogens (tertiary/aromatic N) is 1. The third-order valence-electron chi connectivity index (χ3n) is 2.05. The predicted molar refractivity (Wildman–Crippen MR) is 59.6 cm³/mol. The van der Waals surface area contributed by atoms with Crippen molar-refractivity contribution < 1.29 is 14.4 Å². The topological polar surface area (TPSA) is 81.5 Å². The molecule has 84 valence electrons. The highest BCUT2D eigenvalue weighted by Crippen LogP contribution is 2.39. The molecule has 0 aliphatic rings. The number of methoxy groups -OCH3 is 1. The maximum absolute atomic E-state index is 9.86. The number of rotatable bonds is 2. The van der Waals surface area contributed by atoms with E-state index in [1.165, 1.54) is 19.2 Å². The lowest BCUT2D eigenvalue weighted by molar-refractivity contribution is 0.372. The maximum Gasteiger partial charge on any atom is 0.172 e. The number of aromatic nitrogens is 1. The van der Waals surface area contributed by atoms with E-state index in [1.54, 1.807) is 6.07 Å². The van der Waals surface area contributed by atoms with Gasteiger partial charge in [-0.2, -0.15) is 0 Å². The van der Waals surface area contributed by atoms with Gasteiger partial charge in [0.25, 0.3) is 0 Å². The van der Waals surface area contributed by atoms with E-state index in [0.717, 1.165) is 0 Å². The number of aromatic hydroxyl groups is 1. The van der Waals surface area contributed by atoms with Gasteiger partial charge in [-0.05, 0) is 6.07 Å². The van der Waals surface area contributed by atoms with Crippen LogP contribution in [0.4, 0.5) is 5.82 Å². The van der Waals surface area contributed by atoms with Crippen molar-refractivity contribution in [3.05, 3.63) is 23.2 Å². The number of anilines is 1. The highest BCUT2D eigenvalue weighted by molar-refractivity contribution is 6.31. The summed E-state index contributed by atoms with van der Waals surface area (Å²) in [6.07, 6.45) is 0. The molecule has 0 aliphatic heterocycles. The number of phenolic OH excluding ortho intramolecular Hbond substituents is 1. The molecule has 0 radical (unpaired) electrons. The molecule has 0 saturated carbocycles. The molecule has 0 unspecified atom stereocenters. The second-order valence-electron chi connectivity index (χ2n) is 3.12. The molecular weight excluding hydrogens is 232 g/mol. The van der Waals surface area contributed by atoms with E-state index in [0.29, 0.717) is 16.3 Å².